The van der Waals surface area contributed by atoms with Gasteiger partial charge in [0.05, 0.1) is 0 Å². The zero-order valence-corrected chi connectivity index (χ0v) is 12.4. The van der Waals surface area contributed by atoms with E-state index in [2.05, 4.69) is 19.1 Å². The van der Waals surface area contributed by atoms with Crippen LogP contribution in [0.15, 0.2) is 12.2 Å². The minimum atomic E-state index is -0.708. The number of carbonyl (C=O) groups is 2. The number of Topliss-reactive ketones (excluding diaryl/α,β-unsaturated/α-hetero) is 1. The molecule has 19 heavy (non-hydrogen) atoms. The Labute approximate surface area is 117 Å². The van der Waals surface area contributed by atoms with Crippen molar-refractivity contribution in [3.05, 3.63) is 12.2 Å². The van der Waals surface area contributed by atoms with Crippen molar-refractivity contribution in [1.82, 2.24) is 0 Å². The number of aliphatic carboxylic acids is 1. The Kier molecular flexibility index (Phi) is 11.2. The van der Waals surface area contributed by atoms with Crippen LogP contribution in [0.25, 0.3) is 0 Å². The van der Waals surface area contributed by atoms with E-state index < -0.39 is 5.97 Å². The molecule has 0 aliphatic carbocycles. The number of hydrogen-bond acceptors (Lipinski definition) is 2. The highest BCUT2D eigenvalue weighted by atomic mass is 16.4. The Hall–Kier alpha value is -1.12. The first-order chi connectivity index (χ1) is 9.07. The van der Waals surface area contributed by atoms with E-state index in [1.54, 1.807) is 6.92 Å². The molecular formula is C16H28O3. The normalized spacial score (nSPS) is 12.7. The largest absolute Gasteiger partial charge is 0.481 e. The minimum absolute atomic E-state index is 0.0898. The lowest BCUT2D eigenvalue weighted by Crippen LogP contribution is -2.07. The quantitative estimate of drug-likeness (QED) is 0.422. The molecule has 0 aliphatic heterocycles. The summed E-state index contributed by atoms with van der Waals surface area (Å²) in [5.74, 6) is -0.363. The Balaban J connectivity index is 3.63. The summed E-state index contributed by atoms with van der Waals surface area (Å²) >= 11 is 0. The number of rotatable bonds is 12. The molecule has 0 aromatic carbocycles. The number of allylic oxidation sites excluding steroid dienone is 2. The summed E-state index contributed by atoms with van der Waals surface area (Å²) in [4.78, 5) is 21.7. The van der Waals surface area contributed by atoms with Crippen LogP contribution < -0.4 is 0 Å². The SMILES string of the molecule is CCCCC(C=CCCCCCCC(=O)O)C(C)=O. The van der Waals surface area contributed by atoms with Crippen molar-refractivity contribution in [2.75, 3.05) is 0 Å². The van der Waals surface area contributed by atoms with Gasteiger partial charge in [0.15, 0.2) is 0 Å². The molecule has 0 spiro atoms. The number of unbranched alkanes of at least 4 members (excludes halogenated alkanes) is 5. The maximum atomic E-state index is 11.4. The molecule has 0 heterocycles. The zero-order chi connectivity index (χ0) is 14.5. The van der Waals surface area contributed by atoms with E-state index in [1.807, 2.05) is 0 Å². The highest BCUT2D eigenvalue weighted by Crippen LogP contribution is 2.13. The summed E-state index contributed by atoms with van der Waals surface area (Å²) in [5, 5.41) is 8.50. The molecular weight excluding hydrogens is 240 g/mol. The van der Waals surface area contributed by atoms with Crippen molar-refractivity contribution >= 4 is 11.8 Å². The van der Waals surface area contributed by atoms with Crippen LogP contribution in [-0.2, 0) is 9.59 Å². The van der Waals surface area contributed by atoms with Gasteiger partial charge in [0.1, 0.15) is 5.78 Å². The van der Waals surface area contributed by atoms with Crippen LogP contribution in [0.1, 0.15) is 71.6 Å². The van der Waals surface area contributed by atoms with Crippen molar-refractivity contribution in [1.29, 1.82) is 0 Å². The van der Waals surface area contributed by atoms with Crippen LogP contribution in [0.2, 0.25) is 0 Å². The van der Waals surface area contributed by atoms with E-state index in [9.17, 15) is 9.59 Å². The molecule has 1 atom stereocenters. The highest BCUT2D eigenvalue weighted by molar-refractivity contribution is 5.79. The van der Waals surface area contributed by atoms with Crippen LogP contribution >= 0.6 is 0 Å². The molecule has 0 aromatic rings. The predicted octanol–water partition coefficient (Wildman–Crippen LogP) is 4.36. The van der Waals surface area contributed by atoms with Gasteiger partial charge < -0.3 is 5.11 Å². The highest BCUT2D eigenvalue weighted by Gasteiger charge is 2.08. The lowest BCUT2D eigenvalue weighted by molar-refractivity contribution is -0.137. The van der Waals surface area contributed by atoms with E-state index in [4.69, 9.17) is 5.11 Å². The lowest BCUT2D eigenvalue weighted by atomic mass is 9.97. The van der Waals surface area contributed by atoms with Gasteiger partial charge in [-0.3, -0.25) is 9.59 Å². The van der Waals surface area contributed by atoms with Gasteiger partial charge in [-0.2, -0.15) is 0 Å². The van der Waals surface area contributed by atoms with Crippen molar-refractivity contribution in [2.45, 2.75) is 71.6 Å². The smallest absolute Gasteiger partial charge is 0.303 e. The molecule has 1 unspecified atom stereocenters. The average Bonchev–Trinajstić information content (AvgIpc) is 2.35. The molecule has 3 nitrogen and oxygen atoms in total. The van der Waals surface area contributed by atoms with Gasteiger partial charge in [0.25, 0.3) is 0 Å². The first kappa shape index (κ1) is 17.9. The summed E-state index contributed by atoms with van der Waals surface area (Å²) in [6.07, 6.45) is 12.5. The average molecular weight is 268 g/mol. The topological polar surface area (TPSA) is 54.4 Å². The fourth-order valence-electron chi connectivity index (χ4n) is 2.01. The molecule has 0 bridgehead atoms. The molecule has 0 aliphatic rings. The first-order valence-corrected chi connectivity index (χ1v) is 7.46. The van der Waals surface area contributed by atoms with Crippen molar-refractivity contribution in [3.63, 3.8) is 0 Å². The molecule has 0 fully saturated rings. The Morgan fingerprint density at radius 1 is 1.11 bits per heavy atom. The van der Waals surface area contributed by atoms with Crippen molar-refractivity contribution in [3.8, 4) is 0 Å². The van der Waals surface area contributed by atoms with E-state index in [1.165, 1.54) is 0 Å². The van der Waals surface area contributed by atoms with E-state index in [0.717, 1.165) is 51.4 Å². The number of carboxylic acids is 1. The summed E-state index contributed by atoms with van der Waals surface area (Å²) in [7, 11) is 0. The van der Waals surface area contributed by atoms with Gasteiger partial charge in [-0.15, -0.1) is 0 Å². The van der Waals surface area contributed by atoms with Gasteiger partial charge in [-0.05, 0) is 32.6 Å². The monoisotopic (exact) mass is 268 g/mol. The molecule has 0 saturated carbocycles. The third-order valence-electron chi connectivity index (χ3n) is 3.27. The summed E-state index contributed by atoms with van der Waals surface area (Å²) in [6.45, 7) is 3.80. The van der Waals surface area contributed by atoms with Crippen LogP contribution in [0, 0.1) is 5.92 Å². The third kappa shape index (κ3) is 11.7. The van der Waals surface area contributed by atoms with Crippen molar-refractivity contribution in [2.24, 2.45) is 5.92 Å². The molecule has 0 saturated heterocycles. The lowest BCUT2D eigenvalue weighted by Gasteiger charge is -2.07. The molecule has 0 radical (unpaired) electrons. The summed E-state index contributed by atoms with van der Waals surface area (Å²) < 4.78 is 0. The van der Waals surface area contributed by atoms with Crippen LogP contribution in [0.3, 0.4) is 0 Å². The maximum Gasteiger partial charge on any atom is 0.303 e. The molecule has 3 heteroatoms. The second-order valence-corrected chi connectivity index (χ2v) is 5.13. The van der Waals surface area contributed by atoms with E-state index >= 15 is 0 Å². The Morgan fingerprint density at radius 3 is 2.37 bits per heavy atom. The van der Waals surface area contributed by atoms with Crippen molar-refractivity contribution < 1.29 is 14.7 Å². The van der Waals surface area contributed by atoms with E-state index in [-0.39, 0.29) is 18.1 Å². The molecule has 0 rings (SSSR count). The standard InChI is InChI=1S/C16H28O3/c1-3-4-11-15(14(2)17)12-9-7-5-6-8-10-13-16(18)19/h9,12,15H,3-8,10-11,13H2,1-2H3,(H,18,19). The molecule has 0 amide bonds. The second kappa shape index (κ2) is 11.9. The van der Waals surface area contributed by atoms with Gasteiger partial charge in [-0.25, -0.2) is 0 Å². The van der Waals surface area contributed by atoms with E-state index in [0.29, 0.717) is 0 Å². The second-order valence-electron chi connectivity index (χ2n) is 5.13. The van der Waals surface area contributed by atoms with Crippen LogP contribution in [0.5, 0.6) is 0 Å². The van der Waals surface area contributed by atoms with Gasteiger partial charge in [0, 0.05) is 12.3 Å². The number of carboxylic acid groups (broad SMARTS) is 1. The Bertz CT molecular complexity index is 282. The fourth-order valence-corrected chi connectivity index (χ4v) is 2.01. The zero-order valence-electron chi connectivity index (χ0n) is 12.4. The van der Waals surface area contributed by atoms with Crippen LogP contribution in [-0.4, -0.2) is 16.9 Å². The number of ketones is 1. The number of hydrogen-bond donors (Lipinski definition) is 1. The minimum Gasteiger partial charge on any atom is -0.481 e. The predicted molar refractivity (Wildman–Crippen MR) is 78.2 cm³/mol. The van der Waals surface area contributed by atoms with Gasteiger partial charge in [-0.1, -0.05) is 44.8 Å². The number of carbonyl (C=O) groups excluding carboxylic acids is 1. The maximum absolute atomic E-state index is 11.4. The molecule has 110 valence electrons. The van der Waals surface area contributed by atoms with Gasteiger partial charge in [0.2, 0.25) is 0 Å². The fraction of sp³-hybridized carbons (Fsp3) is 0.750. The Morgan fingerprint density at radius 2 is 1.79 bits per heavy atom. The summed E-state index contributed by atoms with van der Waals surface area (Å²) in [6, 6.07) is 0. The first-order valence-electron chi connectivity index (χ1n) is 7.46. The molecule has 1 N–H and O–H groups in total. The van der Waals surface area contributed by atoms with Gasteiger partial charge >= 0.3 is 5.97 Å². The molecule has 0 aromatic heterocycles. The third-order valence-corrected chi connectivity index (χ3v) is 3.27. The summed E-state index contributed by atoms with van der Waals surface area (Å²) in [5.41, 5.74) is 0. The van der Waals surface area contributed by atoms with Crippen LogP contribution in [0.4, 0.5) is 0 Å².